The smallest absolute Gasteiger partial charge is 0.337 e. The van der Waals surface area contributed by atoms with Crippen molar-refractivity contribution in [3.8, 4) is 28.1 Å². The molecule has 8 nitrogen and oxygen atoms in total. The Morgan fingerprint density at radius 3 is 2.29 bits per heavy atom. The Morgan fingerprint density at radius 2 is 1.76 bits per heavy atom. The number of hydrogen-bond donors (Lipinski definition) is 1. The number of carboxylic acid groups (broad SMARTS) is 1. The number of pyridine rings is 1. The quantitative estimate of drug-likeness (QED) is 0.400. The number of carboxylic acids is 1. The summed E-state index contributed by atoms with van der Waals surface area (Å²) >= 11 is 6.18. The number of sulfonamides is 1. The number of rotatable bonds is 6. The lowest BCUT2D eigenvalue weighted by Crippen LogP contribution is -2.34. The first kappa shape index (κ1) is 27.9. The second kappa shape index (κ2) is 9.87. The molecule has 10 heteroatoms. The van der Waals surface area contributed by atoms with Gasteiger partial charge in [-0.2, -0.15) is 0 Å². The van der Waals surface area contributed by atoms with Crippen LogP contribution in [-0.4, -0.2) is 43.4 Å². The molecular formula is C28H31ClN2O6S. The van der Waals surface area contributed by atoms with E-state index in [0.717, 1.165) is 22.9 Å². The average molecular weight is 559 g/mol. The van der Waals surface area contributed by atoms with Crippen LogP contribution in [0.1, 0.15) is 49.1 Å². The van der Waals surface area contributed by atoms with Crippen LogP contribution in [0.15, 0.2) is 36.5 Å². The van der Waals surface area contributed by atoms with Gasteiger partial charge in [0.05, 0.1) is 31.2 Å². The van der Waals surface area contributed by atoms with E-state index in [2.05, 4.69) is 4.98 Å². The summed E-state index contributed by atoms with van der Waals surface area (Å²) in [5.41, 5.74) is 4.75. The maximum atomic E-state index is 13.1. The molecule has 0 amide bonds. The third-order valence-corrected chi connectivity index (χ3v) is 7.88. The van der Waals surface area contributed by atoms with Crippen LogP contribution in [0.4, 0.5) is 5.69 Å². The van der Waals surface area contributed by atoms with Gasteiger partial charge in [0.1, 0.15) is 0 Å². The van der Waals surface area contributed by atoms with Gasteiger partial charge in [0.2, 0.25) is 15.9 Å². The molecule has 0 fully saturated rings. The maximum Gasteiger partial charge on any atom is 0.337 e. The number of nitrogens with zero attached hydrogens (tertiary/aromatic N) is 2. The Bertz CT molecular complexity index is 1530. The Labute approximate surface area is 228 Å². The molecule has 0 saturated heterocycles. The topological polar surface area (TPSA) is 106 Å². The zero-order chi connectivity index (χ0) is 28.2. The van der Waals surface area contributed by atoms with E-state index in [1.807, 2.05) is 19.1 Å². The van der Waals surface area contributed by atoms with Gasteiger partial charge < -0.3 is 14.6 Å². The highest BCUT2D eigenvalue weighted by Crippen LogP contribution is 2.51. The number of halogens is 1. The molecule has 1 atom stereocenters. The minimum absolute atomic E-state index is 0.0535. The number of fused-ring (bicyclic) bond motifs is 3. The molecule has 38 heavy (non-hydrogen) atoms. The fourth-order valence-electron chi connectivity index (χ4n) is 5.01. The number of aromatic nitrogens is 1. The minimum Gasteiger partial charge on any atom is -0.481 e. The van der Waals surface area contributed by atoms with E-state index < -0.39 is 27.7 Å². The molecule has 0 unspecified atom stereocenters. The summed E-state index contributed by atoms with van der Waals surface area (Å²) in [7, 11) is -2.25. The summed E-state index contributed by atoms with van der Waals surface area (Å²) in [5, 5.41) is 10.9. The summed E-state index contributed by atoms with van der Waals surface area (Å²) < 4.78 is 39.0. The van der Waals surface area contributed by atoms with Crippen molar-refractivity contribution in [3.05, 3.63) is 63.8 Å². The molecule has 0 radical (unpaired) electrons. The molecule has 0 aliphatic carbocycles. The van der Waals surface area contributed by atoms with Crippen LogP contribution >= 0.6 is 11.6 Å². The normalized spacial score (nSPS) is 14.1. The van der Waals surface area contributed by atoms with E-state index in [1.165, 1.54) is 11.4 Å². The summed E-state index contributed by atoms with van der Waals surface area (Å²) in [5.74, 6) is -0.805. The maximum absolute atomic E-state index is 13.1. The first-order valence-electron chi connectivity index (χ1n) is 12.0. The van der Waals surface area contributed by atoms with Gasteiger partial charge in [0.25, 0.3) is 0 Å². The molecule has 0 bridgehead atoms. The lowest BCUT2D eigenvalue weighted by Gasteiger charge is -2.37. The van der Waals surface area contributed by atoms with Crippen molar-refractivity contribution in [2.45, 2.75) is 52.9 Å². The zero-order valence-corrected chi connectivity index (χ0v) is 24.0. The van der Waals surface area contributed by atoms with Crippen molar-refractivity contribution >= 4 is 33.3 Å². The van der Waals surface area contributed by atoms with Crippen molar-refractivity contribution in [1.29, 1.82) is 0 Å². The standard InChI is InChI=1S/C28H31ClN2O6S/c1-15-22(17-8-10-19(29)11-9-17)24(26(27(32)33)37-28(3,4)5)16(2)25-23(15)20-13-30-21(36-6)12-18(20)14-31(25)38(7,34)35/h8-13,26H,14H2,1-7H3,(H,32,33)/t26-/m0/s1. The summed E-state index contributed by atoms with van der Waals surface area (Å²) in [4.78, 5) is 17.1. The van der Waals surface area contributed by atoms with Gasteiger partial charge >= 0.3 is 5.97 Å². The number of anilines is 1. The molecule has 1 aromatic heterocycles. The number of methoxy groups -OCH3 is 1. The van der Waals surface area contributed by atoms with Crippen LogP contribution in [0.5, 0.6) is 5.88 Å². The van der Waals surface area contributed by atoms with Gasteiger partial charge in [-0.1, -0.05) is 23.7 Å². The van der Waals surface area contributed by atoms with Crippen molar-refractivity contribution in [2.75, 3.05) is 17.7 Å². The molecule has 4 rings (SSSR count). The Kier molecular flexibility index (Phi) is 7.24. The van der Waals surface area contributed by atoms with Gasteiger partial charge in [-0.15, -0.1) is 0 Å². The zero-order valence-electron chi connectivity index (χ0n) is 22.4. The molecule has 2 aromatic carbocycles. The molecule has 0 spiro atoms. The fourth-order valence-corrected chi connectivity index (χ4v) is 6.07. The fraction of sp³-hybridized carbons (Fsp3) is 0.357. The highest BCUT2D eigenvalue weighted by Gasteiger charge is 2.38. The Morgan fingerprint density at radius 1 is 1.13 bits per heavy atom. The van der Waals surface area contributed by atoms with E-state index >= 15 is 0 Å². The van der Waals surface area contributed by atoms with Gasteiger partial charge in [0.15, 0.2) is 6.10 Å². The predicted molar refractivity (Wildman–Crippen MR) is 148 cm³/mol. The van der Waals surface area contributed by atoms with Crippen LogP contribution in [0.2, 0.25) is 5.02 Å². The molecule has 0 saturated carbocycles. The number of benzene rings is 2. The van der Waals surface area contributed by atoms with Crippen molar-refractivity contribution in [2.24, 2.45) is 0 Å². The number of aliphatic carboxylic acids is 1. The minimum atomic E-state index is -3.76. The SMILES string of the molecule is COc1cc2c(cn1)-c1c(C)c(-c3ccc(Cl)cc3)c([C@H](OC(C)(C)C)C(=O)O)c(C)c1N(S(C)(=O)=O)C2. The van der Waals surface area contributed by atoms with Crippen molar-refractivity contribution < 1.29 is 27.8 Å². The lowest BCUT2D eigenvalue weighted by atomic mass is 9.80. The monoisotopic (exact) mass is 558 g/mol. The summed E-state index contributed by atoms with van der Waals surface area (Å²) in [6.45, 7) is 9.01. The molecule has 3 aromatic rings. The first-order chi connectivity index (χ1) is 17.6. The molecule has 1 aliphatic heterocycles. The van der Waals surface area contributed by atoms with E-state index in [1.54, 1.807) is 52.1 Å². The average Bonchev–Trinajstić information content (AvgIpc) is 2.82. The molecule has 202 valence electrons. The van der Waals surface area contributed by atoms with Gasteiger partial charge in [0, 0.05) is 34.0 Å². The molecular weight excluding hydrogens is 528 g/mol. The number of carbonyl (C=O) groups is 1. The van der Waals surface area contributed by atoms with Crippen LogP contribution in [0, 0.1) is 13.8 Å². The lowest BCUT2D eigenvalue weighted by molar-refractivity contribution is -0.160. The first-order valence-corrected chi connectivity index (χ1v) is 14.2. The summed E-state index contributed by atoms with van der Waals surface area (Å²) in [6.07, 6.45) is 1.45. The van der Waals surface area contributed by atoms with E-state index in [-0.39, 0.29) is 6.54 Å². The van der Waals surface area contributed by atoms with Crippen molar-refractivity contribution in [1.82, 2.24) is 4.98 Å². The van der Waals surface area contributed by atoms with E-state index in [0.29, 0.717) is 44.4 Å². The third-order valence-electron chi connectivity index (χ3n) is 6.51. The third kappa shape index (κ3) is 5.10. The van der Waals surface area contributed by atoms with E-state index in [9.17, 15) is 18.3 Å². The number of hydrogen-bond acceptors (Lipinski definition) is 6. The van der Waals surface area contributed by atoms with Gasteiger partial charge in [-0.05, 0) is 74.6 Å². The highest BCUT2D eigenvalue weighted by molar-refractivity contribution is 7.92. The second-order valence-electron chi connectivity index (χ2n) is 10.4. The Hall–Kier alpha value is -3.14. The summed E-state index contributed by atoms with van der Waals surface area (Å²) in [6, 6.07) is 8.83. The van der Waals surface area contributed by atoms with E-state index in [4.69, 9.17) is 21.1 Å². The second-order valence-corrected chi connectivity index (χ2v) is 12.7. The number of ether oxygens (including phenoxy) is 2. The van der Waals surface area contributed by atoms with Crippen molar-refractivity contribution in [3.63, 3.8) is 0 Å². The Balaban J connectivity index is 2.20. The van der Waals surface area contributed by atoms with Crippen LogP contribution < -0.4 is 9.04 Å². The van der Waals surface area contributed by atoms with Crippen LogP contribution in [-0.2, 0) is 26.1 Å². The largest absolute Gasteiger partial charge is 0.481 e. The highest BCUT2D eigenvalue weighted by atomic mass is 35.5. The van der Waals surface area contributed by atoms with Gasteiger partial charge in [-0.3, -0.25) is 4.31 Å². The van der Waals surface area contributed by atoms with Crippen LogP contribution in [0.25, 0.3) is 22.3 Å². The molecule has 2 heterocycles. The van der Waals surface area contributed by atoms with Gasteiger partial charge in [-0.25, -0.2) is 18.2 Å². The predicted octanol–water partition coefficient (Wildman–Crippen LogP) is 5.91. The molecule has 1 aliphatic rings. The molecule has 1 N–H and O–H groups in total. The van der Waals surface area contributed by atoms with Crippen LogP contribution in [0.3, 0.4) is 0 Å².